The molecule has 1 aromatic heterocycles. The van der Waals surface area contributed by atoms with Crippen LogP contribution in [-0.2, 0) is 0 Å². The van der Waals surface area contributed by atoms with E-state index < -0.39 is 0 Å². The highest BCUT2D eigenvalue weighted by Crippen LogP contribution is 2.32. The molecule has 2 N–H and O–H groups in total. The van der Waals surface area contributed by atoms with Crippen molar-refractivity contribution in [2.45, 2.75) is 33.7 Å². The van der Waals surface area contributed by atoms with E-state index in [9.17, 15) is 0 Å². The van der Waals surface area contributed by atoms with E-state index in [4.69, 9.17) is 10.4 Å². The number of hydrogen-bond acceptors (Lipinski definition) is 5. The molecule has 1 unspecified atom stereocenters. The van der Waals surface area contributed by atoms with Crippen LogP contribution >= 0.6 is 0 Å². The number of anilines is 2. The molecule has 0 saturated carbocycles. The zero-order valence-corrected chi connectivity index (χ0v) is 11.6. The van der Waals surface area contributed by atoms with E-state index in [2.05, 4.69) is 50.0 Å². The smallest absolute Gasteiger partial charge is 0.160 e. The number of rotatable bonds is 2. The van der Waals surface area contributed by atoms with Crippen LogP contribution in [0.1, 0.15) is 27.7 Å². The van der Waals surface area contributed by atoms with Crippen molar-refractivity contribution < 1.29 is 4.63 Å². The Bertz CT molecular complexity index is 556. The zero-order valence-electron chi connectivity index (χ0n) is 11.6. The third-order valence-corrected chi connectivity index (χ3v) is 3.64. The van der Waals surface area contributed by atoms with Gasteiger partial charge in [-0.1, -0.05) is 20.8 Å². The Labute approximate surface area is 107 Å². The highest BCUT2D eigenvalue weighted by Gasteiger charge is 2.26. The Morgan fingerprint density at radius 3 is 2.44 bits per heavy atom. The molecule has 0 amide bonds. The second-order valence-corrected chi connectivity index (χ2v) is 5.79. The number of aromatic nitrogens is 2. The topological polar surface area (TPSA) is 68.2 Å². The largest absolute Gasteiger partial charge is 0.397 e. The van der Waals surface area contributed by atoms with Gasteiger partial charge in [0.2, 0.25) is 0 Å². The van der Waals surface area contributed by atoms with E-state index in [1.807, 2.05) is 12.1 Å². The molecule has 0 fully saturated rings. The maximum Gasteiger partial charge on any atom is 0.160 e. The number of nitrogen functional groups attached to an aromatic ring is 1. The minimum absolute atomic E-state index is 0.166. The van der Waals surface area contributed by atoms with Crippen molar-refractivity contribution in [3.8, 4) is 0 Å². The average Bonchev–Trinajstić information content (AvgIpc) is 2.76. The van der Waals surface area contributed by atoms with Crippen LogP contribution in [-0.4, -0.2) is 23.4 Å². The zero-order chi connectivity index (χ0) is 13.5. The monoisotopic (exact) mass is 248 g/mol. The van der Waals surface area contributed by atoms with Gasteiger partial charge in [0.25, 0.3) is 0 Å². The van der Waals surface area contributed by atoms with Crippen molar-refractivity contribution in [2.75, 3.05) is 17.7 Å². The Morgan fingerprint density at radius 1 is 1.22 bits per heavy atom. The van der Waals surface area contributed by atoms with Crippen molar-refractivity contribution in [1.82, 2.24) is 10.3 Å². The van der Waals surface area contributed by atoms with Crippen LogP contribution in [0.15, 0.2) is 16.8 Å². The minimum Gasteiger partial charge on any atom is -0.397 e. The van der Waals surface area contributed by atoms with Gasteiger partial charge < -0.3 is 10.6 Å². The van der Waals surface area contributed by atoms with Gasteiger partial charge in [-0.2, -0.15) is 0 Å². The molecule has 5 nitrogen and oxygen atoms in total. The Hall–Kier alpha value is -1.78. The first-order chi connectivity index (χ1) is 8.32. The molecule has 1 heterocycles. The van der Waals surface area contributed by atoms with E-state index >= 15 is 0 Å². The van der Waals surface area contributed by atoms with E-state index in [-0.39, 0.29) is 5.41 Å². The predicted molar refractivity (Wildman–Crippen MR) is 73.5 cm³/mol. The molecule has 0 aliphatic heterocycles. The van der Waals surface area contributed by atoms with Crippen LogP contribution in [0.5, 0.6) is 0 Å². The summed E-state index contributed by atoms with van der Waals surface area (Å²) >= 11 is 0. The van der Waals surface area contributed by atoms with Crippen molar-refractivity contribution >= 4 is 22.4 Å². The van der Waals surface area contributed by atoms with Crippen LogP contribution in [0.3, 0.4) is 0 Å². The van der Waals surface area contributed by atoms with Crippen molar-refractivity contribution in [2.24, 2.45) is 5.41 Å². The molecular formula is C13H20N4O. The second kappa shape index (κ2) is 4.15. The first-order valence-corrected chi connectivity index (χ1v) is 6.06. The van der Waals surface area contributed by atoms with Crippen LogP contribution in [0.4, 0.5) is 11.4 Å². The SMILES string of the molecule is CC(N(C)c1ccc(N)c2nonc12)C(C)(C)C. The molecule has 0 bridgehead atoms. The van der Waals surface area contributed by atoms with Gasteiger partial charge in [0.05, 0.1) is 11.4 Å². The first-order valence-electron chi connectivity index (χ1n) is 6.06. The highest BCUT2D eigenvalue weighted by atomic mass is 16.6. The molecular weight excluding hydrogens is 228 g/mol. The van der Waals surface area contributed by atoms with Crippen molar-refractivity contribution in [1.29, 1.82) is 0 Å². The maximum absolute atomic E-state index is 5.85. The molecule has 0 saturated heterocycles. The summed E-state index contributed by atoms with van der Waals surface area (Å²) in [6, 6.07) is 4.15. The number of hydrogen-bond donors (Lipinski definition) is 1. The van der Waals surface area contributed by atoms with Gasteiger partial charge in [-0.05, 0) is 34.8 Å². The Balaban J connectivity index is 2.49. The van der Waals surface area contributed by atoms with Crippen molar-refractivity contribution in [3.63, 3.8) is 0 Å². The second-order valence-electron chi connectivity index (χ2n) is 5.79. The van der Waals surface area contributed by atoms with Crippen molar-refractivity contribution in [3.05, 3.63) is 12.1 Å². The van der Waals surface area contributed by atoms with Gasteiger partial charge in [0.15, 0.2) is 11.0 Å². The van der Waals surface area contributed by atoms with E-state index in [0.717, 1.165) is 5.69 Å². The summed E-state index contributed by atoms with van der Waals surface area (Å²) in [5, 5.41) is 7.80. The molecule has 98 valence electrons. The quantitative estimate of drug-likeness (QED) is 0.827. The maximum atomic E-state index is 5.85. The molecule has 5 heteroatoms. The molecule has 2 aromatic rings. The number of nitrogens with two attached hydrogens (primary N) is 1. The van der Waals surface area contributed by atoms with Gasteiger partial charge in [0, 0.05) is 13.1 Å². The van der Waals surface area contributed by atoms with E-state index in [1.165, 1.54) is 0 Å². The van der Waals surface area contributed by atoms with Crippen LogP contribution < -0.4 is 10.6 Å². The molecule has 1 atom stereocenters. The van der Waals surface area contributed by atoms with Gasteiger partial charge >= 0.3 is 0 Å². The van der Waals surface area contributed by atoms with Crippen LogP contribution in [0.2, 0.25) is 0 Å². The van der Waals surface area contributed by atoms with Gasteiger partial charge in [0.1, 0.15) is 0 Å². The first kappa shape index (κ1) is 12.7. The fourth-order valence-electron chi connectivity index (χ4n) is 1.95. The number of nitrogens with zero attached hydrogens (tertiary/aromatic N) is 3. The van der Waals surface area contributed by atoms with Crippen LogP contribution in [0, 0.1) is 5.41 Å². The van der Waals surface area contributed by atoms with Crippen LogP contribution in [0.25, 0.3) is 11.0 Å². The molecule has 1 aromatic carbocycles. The molecule has 0 aliphatic carbocycles. The summed E-state index contributed by atoms with van der Waals surface area (Å²) in [6.07, 6.45) is 0. The number of benzene rings is 1. The molecule has 0 aliphatic rings. The standard InChI is InChI=1S/C13H20N4O/c1-8(13(2,3)4)17(5)10-7-6-9(14)11-12(10)16-18-15-11/h6-8H,14H2,1-5H3. The third-order valence-electron chi connectivity index (χ3n) is 3.64. The van der Waals surface area contributed by atoms with E-state index in [1.54, 1.807) is 0 Å². The lowest BCUT2D eigenvalue weighted by Gasteiger charge is -2.36. The lowest BCUT2D eigenvalue weighted by Crippen LogP contribution is -2.39. The Morgan fingerprint density at radius 2 is 1.83 bits per heavy atom. The summed E-state index contributed by atoms with van der Waals surface area (Å²) in [5.41, 5.74) is 8.94. The molecule has 0 radical (unpaired) electrons. The third kappa shape index (κ3) is 2.00. The summed E-state index contributed by atoms with van der Waals surface area (Å²) in [6.45, 7) is 8.83. The van der Waals surface area contributed by atoms with Gasteiger partial charge in [-0.3, -0.25) is 0 Å². The van der Waals surface area contributed by atoms with Gasteiger partial charge in [-0.15, -0.1) is 0 Å². The Kier molecular flexibility index (Phi) is 2.92. The minimum atomic E-state index is 0.166. The summed E-state index contributed by atoms with van der Waals surface area (Å²) in [7, 11) is 2.05. The number of fused-ring (bicyclic) bond motifs is 1. The molecule has 2 rings (SSSR count). The van der Waals surface area contributed by atoms with E-state index in [0.29, 0.717) is 22.8 Å². The fourth-order valence-corrected chi connectivity index (χ4v) is 1.95. The summed E-state index contributed by atoms with van der Waals surface area (Å²) < 4.78 is 4.80. The normalized spacial score (nSPS) is 13.8. The summed E-state index contributed by atoms with van der Waals surface area (Å²) in [5.74, 6) is 0. The average molecular weight is 248 g/mol. The van der Waals surface area contributed by atoms with Gasteiger partial charge in [-0.25, -0.2) is 4.63 Å². The fraction of sp³-hybridized carbons (Fsp3) is 0.538. The lowest BCUT2D eigenvalue weighted by molar-refractivity contribution is 0.314. The molecule has 18 heavy (non-hydrogen) atoms. The summed E-state index contributed by atoms with van der Waals surface area (Å²) in [4.78, 5) is 2.19. The lowest BCUT2D eigenvalue weighted by atomic mass is 9.87. The highest BCUT2D eigenvalue weighted by molar-refractivity contribution is 5.95. The molecule has 0 spiro atoms. The predicted octanol–water partition coefficient (Wildman–Crippen LogP) is 2.68.